The Morgan fingerprint density at radius 3 is 2.67 bits per heavy atom. The molecule has 1 aliphatic carbocycles. The zero-order valence-corrected chi connectivity index (χ0v) is 17.9. The zero-order chi connectivity index (χ0) is 19.2. The molecule has 0 radical (unpaired) electrons. The zero-order valence-electron chi connectivity index (χ0n) is 15.5. The molecule has 1 fully saturated rings. The first-order chi connectivity index (χ1) is 13.0. The van der Waals surface area contributed by atoms with E-state index in [-0.39, 0.29) is 12.6 Å². The number of rotatable bonds is 9. The van der Waals surface area contributed by atoms with Gasteiger partial charge in [-0.25, -0.2) is 4.79 Å². The highest BCUT2D eigenvalue weighted by Crippen LogP contribution is 2.36. The fraction of sp³-hybridized carbons (Fsp3) is 0.381. The van der Waals surface area contributed by atoms with Gasteiger partial charge in [-0.2, -0.15) is 0 Å². The molecule has 0 aromatic heterocycles. The summed E-state index contributed by atoms with van der Waals surface area (Å²) in [6.45, 7) is 4.82. The summed E-state index contributed by atoms with van der Waals surface area (Å²) < 4.78 is 17.3. The van der Waals surface area contributed by atoms with Crippen molar-refractivity contribution in [3.05, 3.63) is 46.4 Å². The quantitative estimate of drug-likeness (QED) is 0.462. The van der Waals surface area contributed by atoms with Crippen molar-refractivity contribution in [1.29, 1.82) is 0 Å². The van der Waals surface area contributed by atoms with E-state index in [1.807, 2.05) is 25.1 Å². The summed E-state index contributed by atoms with van der Waals surface area (Å²) in [6, 6.07) is 12.1. The molecule has 0 spiro atoms. The number of halogens is 1. The van der Waals surface area contributed by atoms with E-state index in [4.69, 9.17) is 14.2 Å². The van der Waals surface area contributed by atoms with E-state index in [0.29, 0.717) is 12.4 Å². The minimum Gasteiger partial charge on any atom is -0.493 e. The van der Waals surface area contributed by atoms with Gasteiger partial charge in [0.05, 0.1) is 13.2 Å². The third-order valence-corrected chi connectivity index (χ3v) is 5.48. The summed E-state index contributed by atoms with van der Waals surface area (Å²) in [5.41, 5.74) is 0.976. The van der Waals surface area contributed by atoms with E-state index < -0.39 is 0 Å². The second-order valence-electron chi connectivity index (χ2n) is 6.50. The molecular formula is C21H23BrO4S. The molecule has 0 atom stereocenters. The highest BCUT2D eigenvalue weighted by molar-refractivity contribution is 9.10. The third-order valence-electron chi connectivity index (χ3n) is 4.06. The van der Waals surface area contributed by atoms with Gasteiger partial charge in [-0.05, 0) is 74.6 Å². The van der Waals surface area contributed by atoms with E-state index >= 15 is 0 Å². The van der Waals surface area contributed by atoms with Crippen LogP contribution in [-0.2, 0) is 9.53 Å². The molecule has 27 heavy (non-hydrogen) atoms. The maximum absolute atomic E-state index is 11.4. The highest BCUT2D eigenvalue weighted by Gasteiger charge is 2.22. The molecule has 0 bridgehead atoms. The summed E-state index contributed by atoms with van der Waals surface area (Å²) >= 11 is 5.23. The molecule has 4 nitrogen and oxygen atoms in total. The normalized spacial score (nSPS) is 13.3. The highest BCUT2D eigenvalue weighted by atomic mass is 79.9. The molecule has 0 saturated heterocycles. The first-order valence-electron chi connectivity index (χ1n) is 9.04. The Morgan fingerprint density at radius 2 is 1.96 bits per heavy atom. The van der Waals surface area contributed by atoms with Crippen LogP contribution < -0.4 is 9.47 Å². The standard InChI is InChI=1S/C21H23BrO4S/c1-3-24-21(23)13-26-20-7-6-18(8-14(20)2)27-19-10-16(22)9-17(11-19)25-12-15-4-5-15/h6-11,15H,3-5,12-13H2,1-2H3. The molecule has 3 rings (SSSR count). The van der Waals surface area contributed by atoms with Crippen LogP contribution in [-0.4, -0.2) is 25.8 Å². The molecule has 0 heterocycles. The molecule has 2 aromatic carbocycles. The van der Waals surface area contributed by atoms with Crippen LogP contribution in [0.4, 0.5) is 0 Å². The summed E-state index contributed by atoms with van der Waals surface area (Å²) in [7, 11) is 0. The molecule has 144 valence electrons. The van der Waals surface area contributed by atoms with Gasteiger partial charge < -0.3 is 14.2 Å². The number of aryl methyl sites for hydroxylation is 1. The molecule has 0 amide bonds. The number of hydrogen-bond acceptors (Lipinski definition) is 5. The lowest BCUT2D eigenvalue weighted by Gasteiger charge is -2.11. The number of carbonyl (C=O) groups excluding carboxylic acids is 1. The molecule has 1 saturated carbocycles. The van der Waals surface area contributed by atoms with E-state index in [0.717, 1.165) is 38.1 Å². The van der Waals surface area contributed by atoms with Crippen molar-refractivity contribution < 1.29 is 19.0 Å². The van der Waals surface area contributed by atoms with Crippen LogP contribution in [0.2, 0.25) is 0 Å². The van der Waals surface area contributed by atoms with Crippen molar-refractivity contribution in [3.63, 3.8) is 0 Å². The van der Waals surface area contributed by atoms with Crippen LogP contribution >= 0.6 is 27.7 Å². The second kappa shape index (κ2) is 9.51. The Balaban J connectivity index is 1.63. The van der Waals surface area contributed by atoms with Gasteiger partial charge in [0.1, 0.15) is 11.5 Å². The van der Waals surface area contributed by atoms with Gasteiger partial charge in [0.15, 0.2) is 6.61 Å². The van der Waals surface area contributed by atoms with Crippen LogP contribution in [0.25, 0.3) is 0 Å². The maximum atomic E-state index is 11.4. The van der Waals surface area contributed by atoms with Crippen molar-refractivity contribution in [3.8, 4) is 11.5 Å². The second-order valence-corrected chi connectivity index (χ2v) is 8.56. The SMILES string of the molecule is CCOC(=O)COc1ccc(Sc2cc(Br)cc(OCC3CC3)c2)cc1C. The van der Waals surface area contributed by atoms with Crippen molar-refractivity contribution in [2.24, 2.45) is 5.92 Å². The maximum Gasteiger partial charge on any atom is 0.344 e. The van der Waals surface area contributed by atoms with Crippen molar-refractivity contribution in [2.45, 2.75) is 36.5 Å². The number of carbonyl (C=O) groups is 1. The van der Waals surface area contributed by atoms with Gasteiger partial charge in [0.2, 0.25) is 0 Å². The van der Waals surface area contributed by atoms with Crippen LogP contribution in [0, 0.1) is 12.8 Å². The molecule has 0 aliphatic heterocycles. The lowest BCUT2D eigenvalue weighted by molar-refractivity contribution is -0.145. The monoisotopic (exact) mass is 450 g/mol. The topological polar surface area (TPSA) is 44.8 Å². The van der Waals surface area contributed by atoms with E-state index in [9.17, 15) is 4.79 Å². The summed E-state index contributed by atoms with van der Waals surface area (Å²) in [4.78, 5) is 13.6. The Morgan fingerprint density at radius 1 is 1.15 bits per heavy atom. The van der Waals surface area contributed by atoms with Crippen LogP contribution in [0.3, 0.4) is 0 Å². The van der Waals surface area contributed by atoms with E-state index in [1.165, 1.54) is 12.8 Å². The van der Waals surface area contributed by atoms with Gasteiger partial charge >= 0.3 is 5.97 Å². The number of ether oxygens (including phenoxy) is 3. The smallest absolute Gasteiger partial charge is 0.344 e. The summed E-state index contributed by atoms with van der Waals surface area (Å²) in [6.07, 6.45) is 2.55. The predicted octanol–water partition coefficient (Wildman–Crippen LogP) is 5.64. The minimum absolute atomic E-state index is 0.0749. The molecule has 0 unspecified atom stereocenters. The first-order valence-corrected chi connectivity index (χ1v) is 10.6. The van der Waals surface area contributed by atoms with Crippen LogP contribution in [0.1, 0.15) is 25.3 Å². The van der Waals surface area contributed by atoms with E-state index in [2.05, 4.69) is 34.1 Å². The van der Waals surface area contributed by atoms with Gasteiger partial charge in [0, 0.05) is 14.3 Å². The number of hydrogen-bond donors (Lipinski definition) is 0. The first kappa shape index (κ1) is 20.1. The van der Waals surface area contributed by atoms with Crippen LogP contribution in [0.5, 0.6) is 11.5 Å². The summed E-state index contributed by atoms with van der Waals surface area (Å²) in [5.74, 6) is 1.95. The number of benzene rings is 2. The number of esters is 1. The van der Waals surface area contributed by atoms with Gasteiger partial charge in [0.25, 0.3) is 0 Å². The Bertz CT molecular complexity index is 805. The van der Waals surface area contributed by atoms with Gasteiger partial charge in [-0.3, -0.25) is 0 Å². The summed E-state index contributed by atoms with van der Waals surface area (Å²) in [5, 5.41) is 0. The average Bonchev–Trinajstić information content (AvgIpc) is 3.43. The molecule has 2 aromatic rings. The minimum atomic E-state index is -0.358. The molecule has 6 heteroatoms. The van der Waals surface area contributed by atoms with Crippen molar-refractivity contribution in [1.82, 2.24) is 0 Å². The molecule has 0 N–H and O–H groups in total. The third kappa shape index (κ3) is 6.47. The largest absolute Gasteiger partial charge is 0.493 e. The van der Waals surface area contributed by atoms with Crippen molar-refractivity contribution >= 4 is 33.7 Å². The fourth-order valence-electron chi connectivity index (χ4n) is 2.50. The predicted molar refractivity (Wildman–Crippen MR) is 110 cm³/mol. The molecule has 1 aliphatic rings. The lowest BCUT2D eigenvalue weighted by Crippen LogP contribution is -2.14. The average molecular weight is 451 g/mol. The van der Waals surface area contributed by atoms with Crippen molar-refractivity contribution in [2.75, 3.05) is 19.8 Å². The lowest BCUT2D eigenvalue weighted by atomic mass is 10.2. The Hall–Kier alpha value is -1.66. The van der Waals surface area contributed by atoms with Crippen LogP contribution in [0.15, 0.2) is 50.7 Å². The Kier molecular flexibility index (Phi) is 7.07. The fourth-order valence-corrected chi connectivity index (χ4v) is 4.13. The van der Waals surface area contributed by atoms with E-state index in [1.54, 1.807) is 18.7 Å². The Labute approximate surface area is 172 Å². The van der Waals surface area contributed by atoms with Gasteiger partial charge in [-0.15, -0.1) is 0 Å². The molecular weight excluding hydrogens is 428 g/mol. The van der Waals surface area contributed by atoms with Gasteiger partial charge in [-0.1, -0.05) is 27.7 Å².